The quantitative estimate of drug-likeness (QED) is 0.912. The lowest BCUT2D eigenvalue weighted by atomic mass is 10.2. The Hall–Kier alpha value is -1.17. The second kappa shape index (κ2) is 5.86. The Bertz CT molecular complexity index is 503. The Labute approximate surface area is 117 Å². The first-order valence-electron chi connectivity index (χ1n) is 6.70. The Morgan fingerprint density at radius 3 is 3.21 bits per heavy atom. The number of aryl methyl sites for hydroxylation is 1. The number of hydrogen-bond donors (Lipinski definition) is 1. The van der Waals surface area contributed by atoms with E-state index in [9.17, 15) is 0 Å². The lowest BCUT2D eigenvalue weighted by Gasteiger charge is -2.19. The highest BCUT2D eigenvalue weighted by Crippen LogP contribution is 2.25. The Morgan fingerprint density at radius 1 is 1.63 bits per heavy atom. The molecule has 2 aromatic rings. The van der Waals surface area contributed by atoms with Crippen molar-refractivity contribution in [1.82, 2.24) is 14.9 Å². The number of aromatic nitrogens is 2. The molecule has 19 heavy (non-hydrogen) atoms. The number of imidazole rings is 1. The van der Waals surface area contributed by atoms with E-state index >= 15 is 0 Å². The highest BCUT2D eigenvalue weighted by Gasteiger charge is 2.22. The fourth-order valence-electron chi connectivity index (χ4n) is 2.48. The van der Waals surface area contributed by atoms with Crippen molar-refractivity contribution in [3.05, 3.63) is 40.6 Å². The van der Waals surface area contributed by atoms with Crippen molar-refractivity contribution >= 4 is 11.3 Å². The highest BCUT2D eigenvalue weighted by molar-refractivity contribution is 7.10. The smallest absolute Gasteiger partial charge is 0.131 e. The Morgan fingerprint density at radius 2 is 2.58 bits per heavy atom. The first kappa shape index (κ1) is 12.8. The molecular weight excluding hydrogens is 258 g/mol. The van der Waals surface area contributed by atoms with Crippen LogP contribution in [-0.4, -0.2) is 28.8 Å². The van der Waals surface area contributed by atoms with Gasteiger partial charge in [0.25, 0.3) is 0 Å². The number of rotatable bonds is 5. The first-order valence-corrected chi connectivity index (χ1v) is 7.58. The number of thiophene rings is 1. The van der Waals surface area contributed by atoms with Gasteiger partial charge < -0.3 is 14.6 Å². The normalized spacial score (nSPS) is 20.8. The van der Waals surface area contributed by atoms with E-state index in [1.165, 1.54) is 11.3 Å². The zero-order chi connectivity index (χ0) is 13.1. The summed E-state index contributed by atoms with van der Waals surface area (Å²) in [5.41, 5.74) is 0. The van der Waals surface area contributed by atoms with Crippen LogP contribution in [0.15, 0.2) is 29.9 Å². The van der Waals surface area contributed by atoms with Crippen LogP contribution in [0.3, 0.4) is 0 Å². The number of ether oxygens (including phenoxy) is 1. The fourth-order valence-corrected chi connectivity index (χ4v) is 3.28. The van der Waals surface area contributed by atoms with Crippen LogP contribution in [-0.2, 0) is 11.8 Å². The Kier molecular flexibility index (Phi) is 3.96. The SMILES string of the molecule is Cn1ccnc1C(NCC1CCCO1)c1cccs1. The maximum atomic E-state index is 5.68. The molecule has 0 saturated carbocycles. The van der Waals surface area contributed by atoms with Gasteiger partial charge in [-0.1, -0.05) is 6.07 Å². The third-order valence-electron chi connectivity index (χ3n) is 3.52. The predicted molar refractivity (Wildman–Crippen MR) is 76.3 cm³/mol. The molecular formula is C14H19N3OS. The topological polar surface area (TPSA) is 39.1 Å². The molecule has 2 aromatic heterocycles. The molecule has 1 saturated heterocycles. The third-order valence-corrected chi connectivity index (χ3v) is 4.46. The minimum Gasteiger partial charge on any atom is -0.377 e. The summed E-state index contributed by atoms with van der Waals surface area (Å²) >= 11 is 1.76. The van der Waals surface area contributed by atoms with Crippen LogP contribution >= 0.6 is 11.3 Å². The van der Waals surface area contributed by atoms with Crippen molar-refractivity contribution in [2.75, 3.05) is 13.2 Å². The molecule has 3 heterocycles. The summed E-state index contributed by atoms with van der Waals surface area (Å²) in [5, 5.41) is 5.72. The average molecular weight is 277 g/mol. The van der Waals surface area contributed by atoms with Crippen LogP contribution in [0, 0.1) is 0 Å². The molecule has 1 N–H and O–H groups in total. The summed E-state index contributed by atoms with van der Waals surface area (Å²) in [6, 6.07) is 4.40. The summed E-state index contributed by atoms with van der Waals surface area (Å²) in [5.74, 6) is 1.06. The largest absolute Gasteiger partial charge is 0.377 e. The van der Waals surface area contributed by atoms with Gasteiger partial charge in [-0.2, -0.15) is 0 Å². The minimum absolute atomic E-state index is 0.157. The van der Waals surface area contributed by atoms with Gasteiger partial charge in [-0.15, -0.1) is 11.3 Å². The van der Waals surface area contributed by atoms with Crippen molar-refractivity contribution in [1.29, 1.82) is 0 Å². The molecule has 0 spiro atoms. The summed E-state index contributed by atoms with van der Waals surface area (Å²) in [7, 11) is 2.04. The molecule has 102 valence electrons. The van der Waals surface area contributed by atoms with Crippen molar-refractivity contribution < 1.29 is 4.74 Å². The molecule has 0 aromatic carbocycles. The number of nitrogens with one attached hydrogen (secondary N) is 1. The maximum absolute atomic E-state index is 5.68. The van der Waals surface area contributed by atoms with E-state index in [4.69, 9.17) is 4.74 Å². The van der Waals surface area contributed by atoms with E-state index in [1.54, 1.807) is 11.3 Å². The molecule has 4 nitrogen and oxygen atoms in total. The molecule has 1 fully saturated rings. The summed E-state index contributed by atoms with van der Waals surface area (Å²) < 4.78 is 7.76. The van der Waals surface area contributed by atoms with Crippen LogP contribution in [0.25, 0.3) is 0 Å². The molecule has 5 heteroatoms. The van der Waals surface area contributed by atoms with E-state index in [-0.39, 0.29) is 6.04 Å². The second-order valence-corrected chi connectivity index (χ2v) is 5.87. The molecule has 0 bridgehead atoms. The van der Waals surface area contributed by atoms with Gasteiger partial charge in [-0.3, -0.25) is 0 Å². The Balaban J connectivity index is 1.75. The first-order chi connectivity index (χ1) is 9.34. The number of hydrogen-bond acceptors (Lipinski definition) is 4. The molecule has 0 amide bonds. The zero-order valence-electron chi connectivity index (χ0n) is 11.1. The standard InChI is InChI=1S/C14H19N3OS/c1-17-7-6-15-14(17)13(12-5-3-9-19-12)16-10-11-4-2-8-18-11/h3,5-7,9,11,13,16H,2,4,8,10H2,1H3. The van der Waals surface area contributed by atoms with Gasteiger partial charge >= 0.3 is 0 Å². The fraction of sp³-hybridized carbons (Fsp3) is 0.500. The second-order valence-electron chi connectivity index (χ2n) is 4.89. The van der Waals surface area contributed by atoms with E-state index in [0.29, 0.717) is 6.10 Å². The summed E-state index contributed by atoms with van der Waals surface area (Å²) in [6.07, 6.45) is 6.53. The van der Waals surface area contributed by atoms with E-state index in [2.05, 4.69) is 32.4 Å². The van der Waals surface area contributed by atoms with Crippen molar-refractivity contribution in [3.63, 3.8) is 0 Å². The summed E-state index contributed by atoms with van der Waals surface area (Å²) in [6.45, 7) is 1.79. The van der Waals surface area contributed by atoms with Crippen molar-refractivity contribution in [3.8, 4) is 0 Å². The van der Waals surface area contributed by atoms with E-state index < -0.39 is 0 Å². The monoisotopic (exact) mass is 277 g/mol. The molecule has 3 rings (SSSR count). The molecule has 1 aliphatic heterocycles. The van der Waals surface area contributed by atoms with Gasteiger partial charge in [0.2, 0.25) is 0 Å². The van der Waals surface area contributed by atoms with Crippen molar-refractivity contribution in [2.24, 2.45) is 7.05 Å². The lowest BCUT2D eigenvalue weighted by Crippen LogP contribution is -2.31. The van der Waals surface area contributed by atoms with Crippen molar-refractivity contribution in [2.45, 2.75) is 25.0 Å². The predicted octanol–water partition coefficient (Wildman–Crippen LogP) is 2.34. The van der Waals surface area contributed by atoms with Gasteiger partial charge in [0.05, 0.1) is 6.10 Å². The summed E-state index contributed by atoms with van der Waals surface area (Å²) in [4.78, 5) is 5.78. The van der Waals surface area contributed by atoms with Crippen LogP contribution in [0.1, 0.15) is 29.6 Å². The number of nitrogens with zero attached hydrogens (tertiary/aromatic N) is 2. The molecule has 2 atom stereocenters. The van der Waals surface area contributed by atoms with Crippen LogP contribution < -0.4 is 5.32 Å². The van der Waals surface area contributed by atoms with E-state index in [0.717, 1.165) is 25.4 Å². The van der Waals surface area contributed by atoms with Gasteiger partial charge in [0, 0.05) is 37.5 Å². The average Bonchev–Trinajstić information content (AvgIpc) is 3.13. The molecule has 1 aliphatic rings. The molecule has 2 unspecified atom stereocenters. The van der Waals surface area contributed by atoms with E-state index in [1.807, 2.05) is 19.4 Å². The third kappa shape index (κ3) is 2.88. The molecule has 0 aliphatic carbocycles. The van der Waals surface area contributed by atoms with Crippen LogP contribution in [0.4, 0.5) is 0 Å². The maximum Gasteiger partial charge on any atom is 0.131 e. The lowest BCUT2D eigenvalue weighted by molar-refractivity contribution is 0.108. The van der Waals surface area contributed by atoms with Gasteiger partial charge in [-0.25, -0.2) is 4.98 Å². The van der Waals surface area contributed by atoms with Crippen LogP contribution in [0.5, 0.6) is 0 Å². The van der Waals surface area contributed by atoms with Gasteiger partial charge in [0.1, 0.15) is 11.9 Å². The molecule has 0 radical (unpaired) electrons. The zero-order valence-corrected chi connectivity index (χ0v) is 11.9. The van der Waals surface area contributed by atoms with Gasteiger partial charge in [-0.05, 0) is 24.3 Å². The highest BCUT2D eigenvalue weighted by atomic mass is 32.1. The van der Waals surface area contributed by atoms with Gasteiger partial charge in [0.15, 0.2) is 0 Å². The minimum atomic E-state index is 0.157. The van der Waals surface area contributed by atoms with Crippen LogP contribution in [0.2, 0.25) is 0 Å².